The van der Waals surface area contributed by atoms with E-state index in [4.69, 9.17) is 0 Å². The van der Waals surface area contributed by atoms with Crippen LogP contribution in [0.25, 0.3) is 5.69 Å². The van der Waals surface area contributed by atoms with Crippen molar-refractivity contribution in [3.8, 4) is 5.69 Å². The number of nitrogens with zero attached hydrogens (tertiary/aromatic N) is 4. The highest BCUT2D eigenvalue weighted by Gasteiger charge is 2.18. The average Bonchev–Trinajstić information content (AvgIpc) is 2.88. The van der Waals surface area contributed by atoms with Crippen LogP contribution in [-0.4, -0.2) is 32.8 Å². The Balaban J connectivity index is 1.84. The normalized spacial score (nSPS) is 19.5. The van der Waals surface area contributed by atoms with Crippen LogP contribution in [0, 0.1) is 6.92 Å². The molecular weight excluding hydrogens is 238 g/mol. The quantitative estimate of drug-likeness (QED) is 0.908. The third-order valence-electron chi connectivity index (χ3n) is 3.72. The molecule has 2 heterocycles. The SMILES string of the molecule is Cc1ccccc1-n1nnnc1CC1CCCCN1. The number of aromatic nitrogens is 4. The summed E-state index contributed by atoms with van der Waals surface area (Å²) in [6.07, 6.45) is 4.67. The first-order chi connectivity index (χ1) is 9.34. The Hall–Kier alpha value is -1.75. The van der Waals surface area contributed by atoms with Crippen molar-refractivity contribution in [3.05, 3.63) is 35.7 Å². The Morgan fingerprint density at radius 3 is 3.00 bits per heavy atom. The van der Waals surface area contributed by atoms with Gasteiger partial charge in [0.05, 0.1) is 5.69 Å². The first-order valence-corrected chi connectivity index (χ1v) is 6.91. The molecular formula is C14H19N5. The largest absolute Gasteiger partial charge is 0.314 e. The number of para-hydroxylation sites is 1. The molecule has 100 valence electrons. The highest BCUT2D eigenvalue weighted by Crippen LogP contribution is 2.16. The van der Waals surface area contributed by atoms with Crippen molar-refractivity contribution in [1.29, 1.82) is 0 Å². The van der Waals surface area contributed by atoms with Gasteiger partial charge < -0.3 is 5.32 Å². The highest BCUT2D eigenvalue weighted by molar-refractivity contribution is 5.39. The van der Waals surface area contributed by atoms with Gasteiger partial charge in [-0.25, -0.2) is 0 Å². The lowest BCUT2D eigenvalue weighted by molar-refractivity contribution is 0.392. The number of rotatable bonds is 3. The number of piperidine rings is 1. The van der Waals surface area contributed by atoms with Gasteiger partial charge in [-0.15, -0.1) is 5.10 Å². The van der Waals surface area contributed by atoms with Crippen LogP contribution in [0.1, 0.15) is 30.7 Å². The fraction of sp³-hybridized carbons (Fsp3) is 0.500. The molecule has 0 bridgehead atoms. The molecule has 5 heteroatoms. The van der Waals surface area contributed by atoms with Crippen molar-refractivity contribution >= 4 is 0 Å². The monoisotopic (exact) mass is 257 g/mol. The number of benzene rings is 1. The third kappa shape index (κ3) is 2.66. The van der Waals surface area contributed by atoms with E-state index >= 15 is 0 Å². The summed E-state index contributed by atoms with van der Waals surface area (Å²) in [4.78, 5) is 0. The smallest absolute Gasteiger partial charge is 0.158 e. The van der Waals surface area contributed by atoms with Crippen LogP contribution in [-0.2, 0) is 6.42 Å². The minimum atomic E-state index is 0.502. The van der Waals surface area contributed by atoms with Crippen LogP contribution in [0.2, 0.25) is 0 Å². The molecule has 1 aromatic carbocycles. The van der Waals surface area contributed by atoms with Crippen molar-refractivity contribution in [1.82, 2.24) is 25.5 Å². The maximum atomic E-state index is 4.19. The first-order valence-electron chi connectivity index (χ1n) is 6.91. The molecule has 5 nitrogen and oxygen atoms in total. The summed E-state index contributed by atoms with van der Waals surface area (Å²) in [6, 6.07) is 8.70. The van der Waals surface area contributed by atoms with Gasteiger partial charge in [-0.3, -0.25) is 0 Å². The van der Waals surface area contributed by atoms with Gasteiger partial charge in [-0.1, -0.05) is 24.6 Å². The Morgan fingerprint density at radius 1 is 1.32 bits per heavy atom. The summed E-state index contributed by atoms with van der Waals surface area (Å²) < 4.78 is 1.87. The zero-order chi connectivity index (χ0) is 13.1. The van der Waals surface area contributed by atoms with Gasteiger partial charge >= 0.3 is 0 Å². The van der Waals surface area contributed by atoms with E-state index in [0.29, 0.717) is 6.04 Å². The predicted octanol–water partition coefficient (Wildman–Crippen LogP) is 1.66. The van der Waals surface area contributed by atoms with E-state index in [1.165, 1.54) is 24.8 Å². The zero-order valence-electron chi connectivity index (χ0n) is 11.2. The predicted molar refractivity (Wildman–Crippen MR) is 73.2 cm³/mol. The molecule has 0 saturated carbocycles. The molecule has 19 heavy (non-hydrogen) atoms. The van der Waals surface area contributed by atoms with Crippen LogP contribution in [0.3, 0.4) is 0 Å². The summed E-state index contributed by atoms with van der Waals surface area (Å²) >= 11 is 0. The van der Waals surface area contributed by atoms with E-state index in [2.05, 4.69) is 39.9 Å². The fourth-order valence-electron chi connectivity index (χ4n) is 2.64. The molecule has 1 atom stereocenters. The van der Waals surface area contributed by atoms with Crippen LogP contribution >= 0.6 is 0 Å². The van der Waals surface area contributed by atoms with Crippen LogP contribution in [0.4, 0.5) is 0 Å². The molecule has 3 rings (SSSR count). The van der Waals surface area contributed by atoms with Crippen molar-refractivity contribution in [3.63, 3.8) is 0 Å². The molecule has 1 aliphatic rings. The molecule has 0 aliphatic carbocycles. The summed E-state index contributed by atoms with van der Waals surface area (Å²) in [5, 5.41) is 15.7. The molecule has 0 radical (unpaired) electrons. The van der Waals surface area contributed by atoms with E-state index in [1.807, 2.05) is 16.8 Å². The van der Waals surface area contributed by atoms with E-state index in [1.54, 1.807) is 0 Å². The zero-order valence-corrected chi connectivity index (χ0v) is 11.2. The molecule has 1 N–H and O–H groups in total. The van der Waals surface area contributed by atoms with E-state index in [9.17, 15) is 0 Å². The van der Waals surface area contributed by atoms with Crippen LogP contribution < -0.4 is 5.32 Å². The Morgan fingerprint density at radius 2 is 2.21 bits per heavy atom. The molecule has 1 fully saturated rings. The molecule has 1 aromatic heterocycles. The number of tetrazole rings is 1. The van der Waals surface area contributed by atoms with Crippen molar-refractivity contribution in [2.45, 2.75) is 38.6 Å². The second-order valence-corrected chi connectivity index (χ2v) is 5.14. The van der Waals surface area contributed by atoms with Gasteiger partial charge in [0.2, 0.25) is 0 Å². The van der Waals surface area contributed by atoms with Crippen molar-refractivity contribution < 1.29 is 0 Å². The number of nitrogens with one attached hydrogen (secondary N) is 1. The van der Waals surface area contributed by atoms with E-state index in [0.717, 1.165) is 24.5 Å². The second kappa shape index (κ2) is 5.48. The molecule has 1 aliphatic heterocycles. The summed E-state index contributed by atoms with van der Waals surface area (Å²) in [5.74, 6) is 0.939. The lowest BCUT2D eigenvalue weighted by Crippen LogP contribution is -2.36. The first kappa shape index (κ1) is 12.3. The van der Waals surface area contributed by atoms with Gasteiger partial charge in [0.15, 0.2) is 5.82 Å². The molecule has 0 spiro atoms. The topological polar surface area (TPSA) is 55.6 Å². The van der Waals surface area contributed by atoms with Crippen molar-refractivity contribution in [2.24, 2.45) is 0 Å². The van der Waals surface area contributed by atoms with Crippen LogP contribution in [0.5, 0.6) is 0 Å². The van der Waals surface area contributed by atoms with Gasteiger partial charge in [-0.05, 0) is 48.4 Å². The average molecular weight is 257 g/mol. The summed E-state index contributed by atoms with van der Waals surface area (Å²) in [6.45, 7) is 3.19. The molecule has 1 unspecified atom stereocenters. The minimum Gasteiger partial charge on any atom is -0.314 e. The van der Waals surface area contributed by atoms with Crippen LogP contribution in [0.15, 0.2) is 24.3 Å². The number of hydrogen-bond donors (Lipinski definition) is 1. The van der Waals surface area contributed by atoms with Gasteiger partial charge in [0.1, 0.15) is 0 Å². The van der Waals surface area contributed by atoms with E-state index < -0.39 is 0 Å². The summed E-state index contributed by atoms with van der Waals surface area (Å²) in [5.41, 5.74) is 2.26. The number of aryl methyl sites for hydroxylation is 1. The second-order valence-electron chi connectivity index (χ2n) is 5.14. The van der Waals surface area contributed by atoms with Crippen molar-refractivity contribution in [2.75, 3.05) is 6.54 Å². The van der Waals surface area contributed by atoms with E-state index in [-0.39, 0.29) is 0 Å². The number of hydrogen-bond acceptors (Lipinski definition) is 4. The molecule has 0 amide bonds. The maximum absolute atomic E-state index is 4.19. The summed E-state index contributed by atoms with van der Waals surface area (Å²) in [7, 11) is 0. The minimum absolute atomic E-state index is 0.502. The fourth-order valence-corrected chi connectivity index (χ4v) is 2.64. The third-order valence-corrected chi connectivity index (χ3v) is 3.72. The molecule has 2 aromatic rings. The standard InChI is InChI=1S/C14H19N5/c1-11-6-2-3-8-13(11)19-14(16-17-18-19)10-12-7-4-5-9-15-12/h2-3,6,8,12,15H,4-5,7,9-10H2,1H3. The lowest BCUT2D eigenvalue weighted by Gasteiger charge is -2.22. The Bertz CT molecular complexity index is 542. The Kier molecular flexibility index (Phi) is 3.55. The highest BCUT2D eigenvalue weighted by atomic mass is 15.5. The lowest BCUT2D eigenvalue weighted by atomic mass is 10.0. The Labute approximate surface area is 113 Å². The maximum Gasteiger partial charge on any atom is 0.158 e. The van der Waals surface area contributed by atoms with Gasteiger partial charge in [0.25, 0.3) is 0 Å². The molecule has 1 saturated heterocycles. The van der Waals surface area contributed by atoms with Gasteiger partial charge in [0, 0.05) is 12.5 Å². The van der Waals surface area contributed by atoms with Gasteiger partial charge in [-0.2, -0.15) is 4.68 Å².